The number of thioether (sulfide) groups is 1. The SMILES string of the molecule is CCOC(=O)CSc1sc2ccccc2[n+]1CC(=O)OCC. The van der Waals surface area contributed by atoms with E-state index in [4.69, 9.17) is 9.47 Å². The molecule has 0 spiro atoms. The second kappa shape index (κ2) is 8.14. The first-order valence-electron chi connectivity index (χ1n) is 7.01. The fraction of sp³-hybridized carbons (Fsp3) is 0.400. The second-order valence-electron chi connectivity index (χ2n) is 4.32. The number of carbonyl (C=O) groups is 2. The van der Waals surface area contributed by atoms with Gasteiger partial charge in [0.2, 0.25) is 12.1 Å². The molecule has 0 saturated heterocycles. The average molecular weight is 340 g/mol. The van der Waals surface area contributed by atoms with Gasteiger partial charge in [0, 0.05) is 6.07 Å². The number of benzene rings is 1. The largest absolute Gasteiger partial charge is 0.465 e. The Bertz CT molecular complexity index is 669. The number of esters is 2. The van der Waals surface area contributed by atoms with Gasteiger partial charge < -0.3 is 9.47 Å². The summed E-state index contributed by atoms with van der Waals surface area (Å²) < 4.78 is 13.8. The lowest BCUT2D eigenvalue weighted by molar-refractivity contribution is -0.691. The normalized spacial score (nSPS) is 10.6. The molecular formula is C15H18NO4S2+. The van der Waals surface area contributed by atoms with E-state index in [9.17, 15) is 9.59 Å². The van der Waals surface area contributed by atoms with Crippen LogP contribution in [0.1, 0.15) is 13.8 Å². The Labute approximate surface area is 137 Å². The van der Waals surface area contributed by atoms with Crippen LogP contribution in [0.5, 0.6) is 0 Å². The van der Waals surface area contributed by atoms with Crippen molar-refractivity contribution in [2.45, 2.75) is 24.7 Å². The molecule has 0 aliphatic rings. The summed E-state index contributed by atoms with van der Waals surface area (Å²) in [5.74, 6) is -0.314. The highest BCUT2D eigenvalue weighted by molar-refractivity contribution is 8.01. The van der Waals surface area contributed by atoms with E-state index in [0.717, 1.165) is 14.6 Å². The fourth-order valence-electron chi connectivity index (χ4n) is 1.93. The maximum atomic E-state index is 11.8. The molecule has 7 heteroatoms. The van der Waals surface area contributed by atoms with Crippen LogP contribution >= 0.6 is 23.1 Å². The van der Waals surface area contributed by atoms with Gasteiger partial charge in [-0.25, -0.2) is 4.79 Å². The lowest BCUT2D eigenvalue weighted by Crippen LogP contribution is -2.39. The van der Waals surface area contributed by atoms with Crippen LogP contribution in [0.15, 0.2) is 28.6 Å². The first-order chi connectivity index (χ1) is 10.7. The third-order valence-corrected chi connectivity index (χ3v) is 5.20. The maximum Gasteiger partial charge on any atom is 0.372 e. The third-order valence-electron chi connectivity index (χ3n) is 2.79. The van der Waals surface area contributed by atoms with E-state index in [2.05, 4.69) is 0 Å². The summed E-state index contributed by atoms with van der Waals surface area (Å²) in [7, 11) is 0. The molecule has 0 unspecified atom stereocenters. The number of aromatic nitrogens is 1. The summed E-state index contributed by atoms with van der Waals surface area (Å²) in [5.41, 5.74) is 0.965. The lowest BCUT2D eigenvalue weighted by Gasteiger charge is -2.01. The summed E-state index contributed by atoms with van der Waals surface area (Å²) in [6.45, 7) is 4.43. The third kappa shape index (κ3) is 4.20. The zero-order valence-electron chi connectivity index (χ0n) is 12.5. The molecule has 2 aromatic rings. The molecule has 0 amide bonds. The highest BCUT2D eigenvalue weighted by Gasteiger charge is 2.24. The smallest absolute Gasteiger partial charge is 0.372 e. The molecule has 0 atom stereocenters. The first kappa shape index (κ1) is 16.8. The Hall–Kier alpha value is -1.60. The van der Waals surface area contributed by atoms with Crippen LogP contribution in [-0.4, -0.2) is 30.9 Å². The molecule has 0 fully saturated rings. The number of carbonyl (C=O) groups excluding carboxylic acids is 2. The fourth-order valence-corrected chi connectivity index (χ4v) is 4.15. The van der Waals surface area contributed by atoms with E-state index >= 15 is 0 Å². The number of fused-ring (bicyclic) bond motifs is 1. The first-order valence-corrected chi connectivity index (χ1v) is 8.81. The van der Waals surface area contributed by atoms with Crippen LogP contribution in [0, 0.1) is 0 Å². The summed E-state index contributed by atoms with van der Waals surface area (Å²) in [4.78, 5) is 23.3. The van der Waals surface area contributed by atoms with Crippen molar-refractivity contribution >= 4 is 45.3 Å². The molecule has 5 nitrogen and oxygen atoms in total. The highest BCUT2D eigenvalue weighted by Crippen LogP contribution is 2.28. The molecule has 0 N–H and O–H groups in total. The zero-order valence-corrected chi connectivity index (χ0v) is 14.2. The van der Waals surface area contributed by atoms with Crippen molar-refractivity contribution in [1.82, 2.24) is 0 Å². The van der Waals surface area contributed by atoms with Crippen molar-refractivity contribution in [3.8, 4) is 0 Å². The van der Waals surface area contributed by atoms with Crippen molar-refractivity contribution in [2.75, 3.05) is 19.0 Å². The van der Waals surface area contributed by atoms with E-state index in [-0.39, 0.29) is 24.2 Å². The molecule has 1 heterocycles. The minimum atomic E-state index is -0.283. The minimum absolute atomic E-state index is 0.142. The van der Waals surface area contributed by atoms with Gasteiger partial charge in [-0.3, -0.25) is 4.79 Å². The number of nitrogens with zero attached hydrogens (tertiary/aromatic N) is 1. The number of hydrogen-bond acceptors (Lipinski definition) is 6. The molecule has 2 rings (SSSR count). The van der Waals surface area contributed by atoms with E-state index in [1.807, 2.05) is 28.8 Å². The number of ether oxygens (including phenoxy) is 2. The van der Waals surface area contributed by atoms with Gasteiger partial charge in [-0.15, -0.1) is 0 Å². The topological polar surface area (TPSA) is 56.5 Å². The predicted octanol–water partition coefficient (Wildman–Crippen LogP) is 2.41. The van der Waals surface area contributed by atoms with Crippen LogP contribution < -0.4 is 4.57 Å². The molecule has 22 heavy (non-hydrogen) atoms. The van der Waals surface area contributed by atoms with Crippen LogP contribution in [0.4, 0.5) is 0 Å². The van der Waals surface area contributed by atoms with Gasteiger partial charge in [-0.05, 0) is 31.7 Å². The van der Waals surface area contributed by atoms with E-state index in [1.165, 1.54) is 11.8 Å². The van der Waals surface area contributed by atoms with Gasteiger partial charge in [-0.1, -0.05) is 23.5 Å². The summed E-state index contributed by atoms with van der Waals surface area (Å²) in [5, 5.41) is 0. The van der Waals surface area contributed by atoms with Crippen molar-refractivity contribution in [1.29, 1.82) is 0 Å². The van der Waals surface area contributed by atoms with Crippen LogP contribution in [0.25, 0.3) is 10.2 Å². The summed E-state index contributed by atoms with van der Waals surface area (Å²) in [6.07, 6.45) is 0. The van der Waals surface area contributed by atoms with Crippen molar-refractivity contribution in [2.24, 2.45) is 0 Å². The molecule has 0 bridgehead atoms. The molecule has 0 radical (unpaired) electrons. The maximum absolute atomic E-state index is 11.8. The lowest BCUT2D eigenvalue weighted by atomic mass is 10.3. The molecule has 0 aliphatic carbocycles. The average Bonchev–Trinajstić information content (AvgIpc) is 2.84. The van der Waals surface area contributed by atoms with Gasteiger partial charge in [0.15, 0.2) is 0 Å². The number of para-hydroxylation sites is 1. The molecule has 118 valence electrons. The Morgan fingerprint density at radius 2 is 1.82 bits per heavy atom. The van der Waals surface area contributed by atoms with Gasteiger partial charge in [0.1, 0.15) is 10.5 Å². The van der Waals surface area contributed by atoms with Gasteiger partial charge in [0.05, 0.1) is 13.2 Å². The molecular weight excluding hydrogens is 322 g/mol. The number of hydrogen-bond donors (Lipinski definition) is 0. The van der Waals surface area contributed by atoms with Crippen molar-refractivity contribution in [3.63, 3.8) is 0 Å². The van der Waals surface area contributed by atoms with Crippen molar-refractivity contribution < 1.29 is 23.6 Å². The quantitative estimate of drug-likeness (QED) is 0.440. The van der Waals surface area contributed by atoms with Crippen LogP contribution in [-0.2, 0) is 25.6 Å². The number of thiazole rings is 1. The monoisotopic (exact) mass is 340 g/mol. The summed E-state index contributed by atoms with van der Waals surface area (Å²) >= 11 is 2.93. The zero-order chi connectivity index (χ0) is 15.9. The molecule has 0 saturated carbocycles. The minimum Gasteiger partial charge on any atom is -0.465 e. The van der Waals surface area contributed by atoms with Gasteiger partial charge in [-0.2, -0.15) is 4.57 Å². The molecule has 0 aliphatic heterocycles. The van der Waals surface area contributed by atoms with E-state index in [0.29, 0.717) is 13.2 Å². The Balaban J connectivity index is 2.23. The van der Waals surface area contributed by atoms with E-state index < -0.39 is 0 Å². The Morgan fingerprint density at radius 3 is 2.55 bits per heavy atom. The van der Waals surface area contributed by atoms with Gasteiger partial charge >= 0.3 is 11.9 Å². The predicted molar refractivity (Wildman–Crippen MR) is 86.0 cm³/mol. The Kier molecular flexibility index (Phi) is 6.21. The summed E-state index contributed by atoms with van der Waals surface area (Å²) in [6, 6.07) is 7.83. The van der Waals surface area contributed by atoms with Gasteiger partial charge in [0.25, 0.3) is 4.34 Å². The Morgan fingerprint density at radius 1 is 1.14 bits per heavy atom. The van der Waals surface area contributed by atoms with Crippen molar-refractivity contribution in [3.05, 3.63) is 24.3 Å². The molecule has 1 aromatic carbocycles. The van der Waals surface area contributed by atoms with E-state index in [1.54, 1.807) is 25.2 Å². The van der Waals surface area contributed by atoms with Crippen LogP contribution in [0.3, 0.4) is 0 Å². The standard InChI is InChI=1S/C15H18NO4S2/c1-3-19-13(17)9-16-11-7-5-6-8-12(11)22-15(16)21-10-14(18)20-4-2/h5-8H,3-4,9-10H2,1-2H3/q+1. The second-order valence-corrected chi connectivity index (χ2v) is 6.57. The highest BCUT2D eigenvalue weighted by atomic mass is 32.2. The molecule has 1 aromatic heterocycles. The number of rotatable bonds is 7. The van der Waals surface area contributed by atoms with Crippen LogP contribution in [0.2, 0.25) is 0 Å².